The number of benzene rings is 3. The van der Waals surface area contributed by atoms with Crippen LogP contribution in [0.1, 0.15) is 34.0 Å². The average Bonchev–Trinajstić information content (AvgIpc) is 2.87. The number of nitrogens with one attached hydrogen (secondary N) is 2. The maximum absolute atomic E-state index is 13.2. The van der Waals surface area contributed by atoms with Crippen LogP contribution in [0.15, 0.2) is 78.9 Å². The summed E-state index contributed by atoms with van der Waals surface area (Å²) in [5.41, 5.74) is 5.94. The molecule has 3 rings (SSSR count). The first-order valence-corrected chi connectivity index (χ1v) is 11.4. The van der Waals surface area contributed by atoms with Gasteiger partial charge in [-0.15, -0.1) is 0 Å². The normalized spacial score (nSPS) is 10.7. The first-order chi connectivity index (χ1) is 16.5. The summed E-state index contributed by atoms with van der Waals surface area (Å²) < 4.78 is 0. The predicted molar refractivity (Wildman–Crippen MR) is 134 cm³/mol. The van der Waals surface area contributed by atoms with Crippen LogP contribution in [0.3, 0.4) is 0 Å². The van der Waals surface area contributed by atoms with Gasteiger partial charge in [0, 0.05) is 30.9 Å². The van der Waals surface area contributed by atoms with Crippen LogP contribution in [0.2, 0.25) is 0 Å². The van der Waals surface area contributed by atoms with E-state index in [1.165, 1.54) is 5.56 Å². The van der Waals surface area contributed by atoms with E-state index >= 15 is 0 Å². The van der Waals surface area contributed by atoms with E-state index in [0.717, 1.165) is 36.4 Å². The molecule has 0 saturated carbocycles. The maximum atomic E-state index is 13.2. The molecule has 0 aliphatic heterocycles. The molecular weight excluding hydrogens is 428 g/mol. The number of amides is 3. The predicted octanol–water partition coefficient (Wildman–Crippen LogP) is 4.35. The Bertz CT molecular complexity index is 1070. The highest BCUT2D eigenvalue weighted by Crippen LogP contribution is 2.19. The molecule has 0 aliphatic rings. The smallest absolute Gasteiger partial charge is 0.322 e. The Morgan fingerprint density at radius 1 is 0.882 bits per heavy atom. The van der Waals surface area contributed by atoms with Crippen molar-refractivity contribution in [2.45, 2.75) is 26.9 Å². The standard InChI is InChI=1S/C27H32N4O3/c1-3-30(19-22-9-5-4-6-10-22)17-16-28-27(33)31(25-11-7-8-21(2)18-25)20-23-12-14-24(15-13-23)26(32)29-34/h4-15,18,34H,3,16-17,19-20H2,1-2H3,(H,28,33)(H,29,32). The Labute approximate surface area is 201 Å². The molecule has 0 aliphatic carbocycles. The topological polar surface area (TPSA) is 84.9 Å². The number of urea groups is 1. The summed E-state index contributed by atoms with van der Waals surface area (Å²) >= 11 is 0. The first kappa shape index (κ1) is 25.0. The zero-order chi connectivity index (χ0) is 24.3. The number of likely N-dealkylation sites (N-methyl/N-ethyl adjacent to an activating group) is 1. The van der Waals surface area contributed by atoms with Gasteiger partial charge in [-0.05, 0) is 54.4 Å². The molecule has 7 nitrogen and oxygen atoms in total. The molecule has 0 spiro atoms. The molecule has 0 fully saturated rings. The van der Waals surface area contributed by atoms with Gasteiger partial charge >= 0.3 is 6.03 Å². The lowest BCUT2D eigenvalue weighted by Gasteiger charge is -2.25. The molecule has 34 heavy (non-hydrogen) atoms. The van der Waals surface area contributed by atoms with Gasteiger partial charge in [0.1, 0.15) is 0 Å². The minimum absolute atomic E-state index is 0.182. The fourth-order valence-corrected chi connectivity index (χ4v) is 3.69. The third-order valence-corrected chi connectivity index (χ3v) is 5.62. The van der Waals surface area contributed by atoms with Gasteiger partial charge in [-0.2, -0.15) is 0 Å². The molecule has 0 radical (unpaired) electrons. The molecule has 0 heterocycles. The van der Waals surface area contributed by atoms with E-state index in [1.807, 2.05) is 49.4 Å². The summed E-state index contributed by atoms with van der Waals surface area (Å²) in [7, 11) is 0. The third kappa shape index (κ3) is 7.16. The van der Waals surface area contributed by atoms with Crippen LogP contribution < -0.4 is 15.7 Å². The molecule has 3 aromatic rings. The fraction of sp³-hybridized carbons (Fsp3) is 0.259. The lowest BCUT2D eigenvalue weighted by molar-refractivity contribution is 0.0706. The van der Waals surface area contributed by atoms with Crippen molar-refractivity contribution in [3.05, 3.63) is 101 Å². The molecule has 7 heteroatoms. The van der Waals surface area contributed by atoms with E-state index in [2.05, 4.69) is 29.3 Å². The minimum atomic E-state index is -0.573. The number of hydrogen-bond acceptors (Lipinski definition) is 4. The Morgan fingerprint density at radius 2 is 1.59 bits per heavy atom. The molecule has 0 bridgehead atoms. The van der Waals surface area contributed by atoms with Gasteiger partial charge in [-0.3, -0.25) is 19.8 Å². The lowest BCUT2D eigenvalue weighted by Crippen LogP contribution is -2.43. The highest BCUT2D eigenvalue weighted by Gasteiger charge is 2.17. The summed E-state index contributed by atoms with van der Waals surface area (Å²) in [6, 6.07) is 24.7. The van der Waals surface area contributed by atoms with E-state index in [0.29, 0.717) is 18.7 Å². The SMILES string of the molecule is CCN(CCNC(=O)N(Cc1ccc(C(=O)NO)cc1)c1cccc(C)c1)Cc1ccccc1. The monoisotopic (exact) mass is 460 g/mol. The summed E-state index contributed by atoms with van der Waals surface area (Å²) in [4.78, 5) is 28.8. The quantitative estimate of drug-likeness (QED) is 0.310. The Kier molecular flexibility index (Phi) is 9.20. The summed E-state index contributed by atoms with van der Waals surface area (Å²) in [5.74, 6) is -0.573. The van der Waals surface area contributed by atoms with E-state index in [9.17, 15) is 9.59 Å². The second-order valence-corrected chi connectivity index (χ2v) is 8.15. The second kappa shape index (κ2) is 12.5. The van der Waals surface area contributed by atoms with E-state index in [1.54, 1.807) is 34.6 Å². The van der Waals surface area contributed by atoms with Crippen molar-refractivity contribution < 1.29 is 14.8 Å². The molecule has 3 aromatic carbocycles. The van der Waals surface area contributed by atoms with E-state index < -0.39 is 5.91 Å². The van der Waals surface area contributed by atoms with Crippen LogP contribution in [-0.4, -0.2) is 41.7 Å². The van der Waals surface area contributed by atoms with Crippen LogP contribution in [0.4, 0.5) is 10.5 Å². The van der Waals surface area contributed by atoms with Crippen molar-refractivity contribution in [2.24, 2.45) is 0 Å². The fourth-order valence-electron chi connectivity index (χ4n) is 3.69. The van der Waals surface area contributed by atoms with Crippen LogP contribution >= 0.6 is 0 Å². The molecule has 0 atom stereocenters. The van der Waals surface area contributed by atoms with Gasteiger partial charge in [-0.25, -0.2) is 10.3 Å². The highest BCUT2D eigenvalue weighted by atomic mass is 16.5. The van der Waals surface area contributed by atoms with Gasteiger partial charge in [-0.1, -0.05) is 61.5 Å². The number of hydroxylamine groups is 1. The Hall–Kier alpha value is -3.68. The largest absolute Gasteiger partial charge is 0.336 e. The van der Waals surface area contributed by atoms with Crippen LogP contribution in [0.25, 0.3) is 0 Å². The summed E-state index contributed by atoms with van der Waals surface area (Å²) in [6.45, 7) is 7.44. The zero-order valence-electron chi connectivity index (χ0n) is 19.7. The number of nitrogens with zero attached hydrogens (tertiary/aromatic N) is 2. The number of rotatable bonds is 10. The lowest BCUT2D eigenvalue weighted by atomic mass is 10.1. The molecule has 3 N–H and O–H groups in total. The molecule has 0 aromatic heterocycles. The van der Waals surface area contributed by atoms with E-state index in [-0.39, 0.29) is 6.03 Å². The summed E-state index contributed by atoms with van der Waals surface area (Å²) in [5, 5.41) is 11.9. The van der Waals surface area contributed by atoms with Crippen molar-refractivity contribution in [3.63, 3.8) is 0 Å². The molecule has 0 saturated heterocycles. The van der Waals surface area contributed by atoms with Crippen molar-refractivity contribution in [2.75, 3.05) is 24.5 Å². The number of carbonyl (C=O) groups is 2. The van der Waals surface area contributed by atoms with Crippen LogP contribution in [0.5, 0.6) is 0 Å². The second-order valence-electron chi connectivity index (χ2n) is 8.15. The molecule has 3 amide bonds. The van der Waals surface area contributed by atoms with Gasteiger partial charge < -0.3 is 5.32 Å². The average molecular weight is 461 g/mol. The van der Waals surface area contributed by atoms with Gasteiger partial charge in [0.05, 0.1) is 6.54 Å². The van der Waals surface area contributed by atoms with Gasteiger partial charge in [0.25, 0.3) is 5.91 Å². The van der Waals surface area contributed by atoms with Gasteiger partial charge in [0.2, 0.25) is 0 Å². The van der Waals surface area contributed by atoms with Gasteiger partial charge in [0.15, 0.2) is 0 Å². The van der Waals surface area contributed by atoms with Crippen molar-refractivity contribution in [3.8, 4) is 0 Å². The summed E-state index contributed by atoms with van der Waals surface area (Å²) in [6.07, 6.45) is 0. The molecule has 0 unspecified atom stereocenters. The van der Waals surface area contributed by atoms with Crippen molar-refractivity contribution >= 4 is 17.6 Å². The molecular formula is C27H32N4O3. The number of carbonyl (C=O) groups excluding carboxylic acids is 2. The first-order valence-electron chi connectivity index (χ1n) is 11.4. The maximum Gasteiger partial charge on any atom is 0.322 e. The zero-order valence-corrected chi connectivity index (χ0v) is 19.7. The number of anilines is 1. The third-order valence-electron chi connectivity index (χ3n) is 5.62. The number of hydrogen-bond donors (Lipinski definition) is 3. The minimum Gasteiger partial charge on any atom is -0.336 e. The Balaban J connectivity index is 1.66. The van der Waals surface area contributed by atoms with Crippen LogP contribution in [-0.2, 0) is 13.1 Å². The molecule has 178 valence electrons. The van der Waals surface area contributed by atoms with Crippen LogP contribution in [0, 0.1) is 6.92 Å². The van der Waals surface area contributed by atoms with Crippen molar-refractivity contribution in [1.82, 2.24) is 15.7 Å². The van der Waals surface area contributed by atoms with E-state index in [4.69, 9.17) is 5.21 Å². The van der Waals surface area contributed by atoms with Crippen molar-refractivity contribution in [1.29, 1.82) is 0 Å². The Morgan fingerprint density at radius 3 is 2.24 bits per heavy atom. The highest BCUT2D eigenvalue weighted by molar-refractivity contribution is 5.93. The number of aryl methyl sites for hydroxylation is 1.